The van der Waals surface area contributed by atoms with E-state index in [9.17, 15) is 39.9 Å². The molecule has 156 valence electrons. The maximum absolute atomic E-state index is 13.3. The first kappa shape index (κ1) is 19.9. The van der Waals surface area contributed by atoms with Crippen LogP contribution in [-0.4, -0.2) is 61.7 Å². The Balaban J connectivity index is 2.06. The van der Waals surface area contributed by atoms with Crippen LogP contribution in [0.2, 0.25) is 0 Å². The molecule has 0 aromatic heterocycles. The first-order chi connectivity index (χ1) is 14.0. The van der Waals surface area contributed by atoms with Gasteiger partial charge in [-0.2, -0.15) is 0 Å². The quantitative estimate of drug-likeness (QED) is 0.452. The van der Waals surface area contributed by atoms with E-state index >= 15 is 0 Å². The van der Waals surface area contributed by atoms with Crippen LogP contribution in [-0.2, 0) is 20.7 Å². The summed E-state index contributed by atoms with van der Waals surface area (Å²) in [5.41, 5.74) is -3.55. The fourth-order valence-corrected chi connectivity index (χ4v) is 4.55. The summed E-state index contributed by atoms with van der Waals surface area (Å²) in [5.74, 6) is -6.59. The Bertz CT molecular complexity index is 1190. The fraction of sp³-hybridized carbons (Fsp3) is 0.286. The van der Waals surface area contributed by atoms with Crippen molar-refractivity contribution in [2.75, 3.05) is 7.11 Å². The highest BCUT2D eigenvalue weighted by molar-refractivity contribution is 6.25. The summed E-state index contributed by atoms with van der Waals surface area (Å²) in [6, 6.07) is 3.68. The summed E-state index contributed by atoms with van der Waals surface area (Å²) in [6.45, 7) is 1.01. The third kappa shape index (κ3) is 2.33. The molecule has 9 heteroatoms. The van der Waals surface area contributed by atoms with Crippen LogP contribution in [0.15, 0.2) is 29.5 Å². The number of aliphatic hydroxyl groups excluding tert-OH is 1. The van der Waals surface area contributed by atoms with Crippen molar-refractivity contribution in [2.45, 2.75) is 25.0 Å². The van der Waals surface area contributed by atoms with Gasteiger partial charge in [0.05, 0.1) is 10.9 Å². The molecule has 2 aliphatic rings. The molecule has 0 fully saturated rings. The minimum Gasteiger partial charge on any atom is -0.508 e. The lowest BCUT2D eigenvalue weighted by Crippen LogP contribution is -2.61. The Morgan fingerprint density at radius 3 is 2.40 bits per heavy atom. The largest absolute Gasteiger partial charge is 0.508 e. The van der Waals surface area contributed by atoms with Crippen LogP contribution >= 0.6 is 0 Å². The molecule has 2 aromatic carbocycles. The van der Waals surface area contributed by atoms with Crippen LogP contribution < -0.4 is 0 Å². The van der Waals surface area contributed by atoms with Gasteiger partial charge in [-0.05, 0) is 36.4 Å². The third-order valence-electron chi connectivity index (χ3n) is 5.88. The summed E-state index contributed by atoms with van der Waals surface area (Å²) in [4.78, 5) is 38.0. The molecule has 9 nitrogen and oxygen atoms in total. The third-order valence-corrected chi connectivity index (χ3v) is 5.88. The van der Waals surface area contributed by atoms with Gasteiger partial charge in [0.1, 0.15) is 34.7 Å². The summed E-state index contributed by atoms with van der Waals surface area (Å²) < 4.78 is 5.18. The first-order valence-corrected chi connectivity index (χ1v) is 9.03. The fourth-order valence-electron chi connectivity index (χ4n) is 4.55. The van der Waals surface area contributed by atoms with Crippen molar-refractivity contribution >= 4 is 28.1 Å². The van der Waals surface area contributed by atoms with Gasteiger partial charge in [0.2, 0.25) is 5.78 Å². The van der Waals surface area contributed by atoms with Crippen LogP contribution in [0.25, 0.3) is 10.8 Å². The van der Waals surface area contributed by atoms with E-state index in [1.54, 1.807) is 0 Å². The zero-order valence-corrected chi connectivity index (χ0v) is 16.0. The van der Waals surface area contributed by atoms with Gasteiger partial charge in [-0.25, -0.2) is 0 Å². The highest BCUT2D eigenvalue weighted by Gasteiger charge is 2.61. The van der Waals surface area contributed by atoms with Crippen molar-refractivity contribution in [3.8, 4) is 17.2 Å². The van der Waals surface area contributed by atoms with Crippen molar-refractivity contribution in [1.82, 2.24) is 0 Å². The number of aliphatic hydroxyl groups is 2. The second kappa shape index (κ2) is 6.28. The summed E-state index contributed by atoms with van der Waals surface area (Å²) in [5, 5.41) is 52.6. The molecule has 0 saturated carbocycles. The number of hydrogen-bond donors (Lipinski definition) is 5. The molecule has 2 aromatic rings. The van der Waals surface area contributed by atoms with Crippen LogP contribution in [0, 0.1) is 5.92 Å². The molecule has 0 saturated heterocycles. The number of benzene rings is 2. The number of carbonyl (C=O) groups is 3. The molecule has 5 N–H and O–H groups in total. The number of phenolic OH excluding ortho intramolecular Hbond substituents is 3. The molecule has 0 aliphatic heterocycles. The molecular weight excluding hydrogens is 396 g/mol. The number of hydrogen-bond acceptors (Lipinski definition) is 9. The van der Waals surface area contributed by atoms with Crippen molar-refractivity contribution in [3.63, 3.8) is 0 Å². The Labute approximate surface area is 169 Å². The van der Waals surface area contributed by atoms with Crippen molar-refractivity contribution in [2.24, 2.45) is 5.92 Å². The topological polar surface area (TPSA) is 162 Å². The average molecular weight is 414 g/mol. The average Bonchev–Trinajstić information content (AvgIpc) is 2.64. The number of ketones is 3. The van der Waals surface area contributed by atoms with Gasteiger partial charge in [0.15, 0.2) is 17.2 Å². The lowest BCUT2D eigenvalue weighted by Gasteiger charge is -2.45. The van der Waals surface area contributed by atoms with E-state index in [0.717, 1.165) is 13.0 Å². The monoisotopic (exact) mass is 414 g/mol. The van der Waals surface area contributed by atoms with E-state index in [-0.39, 0.29) is 34.1 Å². The Morgan fingerprint density at radius 1 is 1.13 bits per heavy atom. The maximum Gasteiger partial charge on any atom is 0.206 e. The lowest BCUT2D eigenvalue weighted by molar-refractivity contribution is -0.141. The van der Waals surface area contributed by atoms with Gasteiger partial charge in [-0.3, -0.25) is 14.4 Å². The van der Waals surface area contributed by atoms with Crippen LogP contribution in [0.1, 0.15) is 22.8 Å². The van der Waals surface area contributed by atoms with Gasteiger partial charge < -0.3 is 30.3 Å². The van der Waals surface area contributed by atoms with Gasteiger partial charge in [0, 0.05) is 19.1 Å². The second-order valence-corrected chi connectivity index (χ2v) is 7.53. The Kier molecular flexibility index (Phi) is 4.16. The number of ether oxygens (including phenoxy) is 1. The second-order valence-electron chi connectivity index (χ2n) is 7.53. The molecule has 0 amide bonds. The molecule has 1 unspecified atom stereocenters. The smallest absolute Gasteiger partial charge is 0.206 e. The summed E-state index contributed by atoms with van der Waals surface area (Å²) in [6.07, 6.45) is -1.56. The molecule has 0 bridgehead atoms. The predicted molar refractivity (Wildman–Crippen MR) is 102 cm³/mol. The van der Waals surface area contributed by atoms with Crippen molar-refractivity contribution < 1.29 is 44.7 Å². The number of phenols is 3. The van der Waals surface area contributed by atoms with Crippen LogP contribution in [0.5, 0.6) is 17.2 Å². The number of carbonyl (C=O) groups excluding carboxylic acids is 3. The molecular formula is C21H18O9. The van der Waals surface area contributed by atoms with E-state index in [0.29, 0.717) is 0 Å². The zero-order chi connectivity index (χ0) is 22.1. The normalized spacial score (nSPS) is 26.0. The van der Waals surface area contributed by atoms with Crippen molar-refractivity contribution in [3.05, 3.63) is 40.7 Å². The molecule has 3 atom stereocenters. The minimum absolute atomic E-state index is 0.132. The number of aromatic hydroxyl groups is 3. The Morgan fingerprint density at radius 2 is 1.80 bits per heavy atom. The first-order valence-electron chi connectivity index (χ1n) is 9.03. The van der Waals surface area contributed by atoms with E-state index in [1.807, 2.05) is 0 Å². The van der Waals surface area contributed by atoms with E-state index in [4.69, 9.17) is 4.74 Å². The highest BCUT2D eigenvalue weighted by atomic mass is 16.5. The SMILES string of the molecule is CO[C@H]1C(=O)C(C(C)=O)=C(O)[C@@]2(O)C(=O)c3c(cc4cc(O)cc(O)c4c3O)CC12. The Hall–Kier alpha value is -3.43. The van der Waals surface area contributed by atoms with E-state index in [2.05, 4.69) is 0 Å². The van der Waals surface area contributed by atoms with Gasteiger partial charge >= 0.3 is 0 Å². The minimum atomic E-state index is -2.68. The number of methoxy groups -OCH3 is 1. The highest BCUT2D eigenvalue weighted by Crippen LogP contribution is 2.49. The molecule has 30 heavy (non-hydrogen) atoms. The summed E-state index contributed by atoms with van der Waals surface area (Å²) in [7, 11) is 1.18. The summed E-state index contributed by atoms with van der Waals surface area (Å²) >= 11 is 0. The van der Waals surface area contributed by atoms with Gasteiger partial charge in [-0.1, -0.05) is 0 Å². The van der Waals surface area contributed by atoms with Crippen LogP contribution in [0.4, 0.5) is 0 Å². The molecule has 2 aliphatic carbocycles. The van der Waals surface area contributed by atoms with E-state index in [1.165, 1.54) is 19.2 Å². The van der Waals surface area contributed by atoms with Gasteiger partial charge in [0.25, 0.3) is 0 Å². The number of rotatable bonds is 2. The van der Waals surface area contributed by atoms with Crippen LogP contribution in [0.3, 0.4) is 0 Å². The maximum atomic E-state index is 13.3. The molecule has 4 rings (SSSR count). The van der Waals surface area contributed by atoms with Gasteiger partial charge in [-0.15, -0.1) is 0 Å². The predicted octanol–water partition coefficient (Wildman–Crippen LogP) is 1.04. The van der Waals surface area contributed by atoms with Crippen molar-refractivity contribution in [1.29, 1.82) is 0 Å². The lowest BCUT2D eigenvalue weighted by atomic mass is 9.62. The molecule has 0 radical (unpaired) electrons. The zero-order valence-electron chi connectivity index (χ0n) is 16.0. The number of Topliss-reactive ketones (excluding diaryl/α,β-unsaturated/α-hetero) is 3. The standard InChI is InChI=1S/C21H18O9/c1-7(22)13-17(26)18(30-2)11-5-9-3-8-4-10(23)6-12(24)14(8)16(25)15(9)20(28)21(11,29)19(13)27/h3-4,6,11,18,23-25,27,29H,5H2,1-2H3/t11?,18-,21-/m1/s1. The molecule has 0 heterocycles. The number of fused-ring (bicyclic) bond motifs is 3. The van der Waals surface area contributed by atoms with E-state index < -0.39 is 57.8 Å². The molecule has 0 spiro atoms.